The second-order valence-corrected chi connectivity index (χ2v) is 5.34. The zero-order valence-electron chi connectivity index (χ0n) is 13.0. The number of ether oxygens (including phenoxy) is 2. The van der Waals surface area contributed by atoms with Gasteiger partial charge in [-0.25, -0.2) is 0 Å². The van der Waals surface area contributed by atoms with Crippen molar-refractivity contribution in [1.82, 2.24) is 0 Å². The van der Waals surface area contributed by atoms with Crippen LogP contribution < -0.4 is 9.64 Å². The van der Waals surface area contributed by atoms with Crippen LogP contribution in [0.2, 0.25) is 5.02 Å². The quantitative estimate of drug-likeness (QED) is 0.594. The first-order valence-corrected chi connectivity index (χ1v) is 7.90. The van der Waals surface area contributed by atoms with Crippen LogP contribution in [0.25, 0.3) is 0 Å². The summed E-state index contributed by atoms with van der Waals surface area (Å²) in [5, 5.41) is 0.718. The molecule has 4 heteroatoms. The molecule has 0 amide bonds. The second kappa shape index (κ2) is 8.66. The van der Waals surface area contributed by atoms with E-state index in [9.17, 15) is 0 Å². The summed E-state index contributed by atoms with van der Waals surface area (Å²) in [4.78, 5) is 2.20. The molecule has 0 radical (unpaired) electrons. The van der Waals surface area contributed by atoms with Gasteiger partial charge in [0.2, 0.25) is 0 Å². The van der Waals surface area contributed by atoms with E-state index in [1.165, 1.54) is 0 Å². The molecule has 0 spiro atoms. The van der Waals surface area contributed by atoms with Crippen LogP contribution in [-0.4, -0.2) is 26.0 Å². The zero-order chi connectivity index (χ0) is 15.8. The van der Waals surface area contributed by atoms with Crippen LogP contribution in [0.15, 0.2) is 54.6 Å². The van der Waals surface area contributed by atoms with Crippen molar-refractivity contribution in [3.63, 3.8) is 0 Å². The van der Waals surface area contributed by atoms with Gasteiger partial charge in [-0.1, -0.05) is 29.8 Å². The number of epoxide rings is 1. The van der Waals surface area contributed by atoms with Crippen molar-refractivity contribution in [2.45, 2.75) is 20.1 Å². The lowest BCUT2D eigenvalue weighted by molar-refractivity contribution is 0.216. The lowest BCUT2D eigenvalue weighted by Crippen LogP contribution is -2.37. The van der Waals surface area contributed by atoms with Gasteiger partial charge in [-0.3, -0.25) is 0 Å². The maximum Gasteiger partial charge on any atom is 0.169 e. The van der Waals surface area contributed by atoms with Crippen LogP contribution in [0, 0.1) is 0 Å². The van der Waals surface area contributed by atoms with Crippen molar-refractivity contribution in [2.24, 2.45) is 0 Å². The Bertz CT molecular complexity index is 540. The normalized spacial score (nSPS) is 13.6. The van der Waals surface area contributed by atoms with Gasteiger partial charge >= 0.3 is 0 Å². The van der Waals surface area contributed by atoms with Gasteiger partial charge in [0.1, 0.15) is 5.75 Å². The number of hydrogen-bond acceptors (Lipinski definition) is 3. The Morgan fingerprint density at radius 1 is 1.09 bits per heavy atom. The summed E-state index contributed by atoms with van der Waals surface area (Å²) in [6.45, 7) is 7.05. The molecule has 3 rings (SSSR count). The molecule has 3 nitrogen and oxygen atoms in total. The molecular weight excluding hydrogens is 298 g/mol. The summed E-state index contributed by atoms with van der Waals surface area (Å²) in [6.07, 6.45) is -0.0337. The van der Waals surface area contributed by atoms with Crippen LogP contribution in [0.1, 0.15) is 13.8 Å². The molecule has 2 aromatic carbocycles. The van der Waals surface area contributed by atoms with E-state index >= 15 is 0 Å². The van der Waals surface area contributed by atoms with Crippen molar-refractivity contribution in [2.75, 3.05) is 24.7 Å². The average Bonchev–Trinajstić information content (AvgIpc) is 3.40. The SMILES string of the molecule is C1CO1.CCN(c1ccccc1)C(C)Oc1ccc(Cl)cc1. The zero-order valence-corrected chi connectivity index (χ0v) is 13.8. The van der Waals surface area contributed by atoms with E-state index in [0.717, 1.165) is 36.2 Å². The lowest BCUT2D eigenvalue weighted by Gasteiger charge is -2.30. The highest BCUT2D eigenvalue weighted by molar-refractivity contribution is 6.30. The molecular formula is C18H22ClNO2. The Morgan fingerprint density at radius 3 is 2.18 bits per heavy atom. The van der Waals surface area contributed by atoms with E-state index < -0.39 is 0 Å². The van der Waals surface area contributed by atoms with Gasteiger partial charge in [-0.2, -0.15) is 0 Å². The van der Waals surface area contributed by atoms with Gasteiger partial charge < -0.3 is 14.4 Å². The highest BCUT2D eigenvalue weighted by atomic mass is 35.5. The minimum atomic E-state index is -0.0337. The number of hydrogen-bond donors (Lipinski definition) is 0. The van der Waals surface area contributed by atoms with E-state index in [2.05, 4.69) is 28.7 Å². The second-order valence-electron chi connectivity index (χ2n) is 4.91. The third kappa shape index (κ3) is 5.58. The predicted molar refractivity (Wildman–Crippen MR) is 91.8 cm³/mol. The molecule has 1 atom stereocenters. The van der Waals surface area contributed by atoms with Gasteiger partial charge in [-0.05, 0) is 50.2 Å². The molecule has 2 aromatic rings. The van der Waals surface area contributed by atoms with Gasteiger partial charge in [0.25, 0.3) is 0 Å². The molecule has 1 fully saturated rings. The largest absolute Gasteiger partial charge is 0.471 e. The molecule has 1 aliphatic heterocycles. The summed E-state index contributed by atoms with van der Waals surface area (Å²) < 4.78 is 10.4. The Hall–Kier alpha value is -1.71. The molecule has 22 heavy (non-hydrogen) atoms. The van der Waals surface area contributed by atoms with E-state index in [-0.39, 0.29) is 6.23 Å². The van der Waals surface area contributed by atoms with Gasteiger partial charge in [-0.15, -0.1) is 0 Å². The number of para-hydroxylation sites is 1. The third-order valence-corrected chi connectivity index (χ3v) is 3.44. The fraction of sp³-hybridized carbons (Fsp3) is 0.333. The molecule has 0 aliphatic carbocycles. The van der Waals surface area contributed by atoms with Crippen molar-refractivity contribution < 1.29 is 9.47 Å². The lowest BCUT2D eigenvalue weighted by atomic mass is 10.3. The first kappa shape index (κ1) is 16.7. The Balaban J connectivity index is 0.000000523. The fourth-order valence-electron chi connectivity index (χ4n) is 2.04. The number of halogens is 1. The Labute approximate surface area is 137 Å². The number of anilines is 1. The number of benzene rings is 2. The smallest absolute Gasteiger partial charge is 0.169 e. The number of nitrogens with zero attached hydrogens (tertiary/aromatic N) is 1. The first-order chi connectivity index (χ1) is 10.7. The summed E-state index contributed by atoms with van der Waals surface area (Å²) in [5.41, 5.74) is 1.16. The molecule has 0 saturated carbocycles. The summed E-state index contributed by atoms with van der Waals surface area (Å²) >= 11 is 5.87. The topological polar surface area (TPSA) is 25.0 Å². The average molecular weight is 320 g/mol. The van der Waals surface area contributed by atoms with Crippen molar-refractivity contribution in [3.8, 4) is 5.75 Å². The van der Waals surface area contributed by atoms with E-state index in [0.29, 0.717) is 0 Å². The summed E-state index contributed by atoms with van der Waals surface area (Å²) in [7, 11) is 0. The van der Waals surface area contributed by atoms with Gasteiger partial charge in [0.05, 0.1) is 13.2 Å². The van der Waals surface area contributed by atoms with Crippen LogP contribution in [0.5, 0.6) is 5.75 Å². The first-order valence-electron chi connectivity index (χ1n) is 7.52. The predicted octanol–water partition coefficient (Wildman–Crippen LogP) is 4.61. The molecule has 1 saturated heterocycles. The molecule has 0 aromatic heterocycles. The standard InChI is InChI=1S/C16H18ClNO.C2H4O/c1-3-18(15-7-5-4-6-8-15)13(2)19-16-11-9-14(17)10-12-16;1-2-3-1/h4-13H,3H2,1-2H3;1-2H2. The fourth-order valence-corrected chi connectivity index (χ4v) is 2.17. The summed E-state index contributed by atoms with van der Waals surface area (Å²) in [6, 6.07) is 17.7. The highest BCUT2D eigenvalue weighted by Crippen LogP contribution is 2.21. The monoisotopic (exact) mass is 319 g/mol. The van der Waals surface area contributed by atoms with Gasteiger partial charge in [0, 0.05) is 17.3 Å². The molecule has 1 unspecified atom stereocenters. The molecule has 0 bridgehead atoms. The third-order valence-electron chi connectivity index (χ3n) is 3.19. The van der Waals surface area contributed by atoms with E-state index in [1.807, 2.05) is 49.4 Å². The Kier molecular flexibility index (Phi) is 6.56. The molecule has 118 valence electrons. The molecule has 0 N–H and O–H groups in total. The summed E-state index contributed by atoms with van der Waals surface area (Å²) in [5.74, 6) is 0.825. The van der Waals surface area contributed by atoms with Crippen LogP contribution in [-0.2, 0) is 4.74 Å². The van der Waals surface area contributed by atoms with Crippen molar-refractivity contribution in [3.05, 3.63) is 59.6 Å². The maximum absolute atomic E-state index is 5.94. The minimum Gasteiger partial charge on any atom is -0.471 e. The van der Waals surface area contributed by atoms with Crippen LogP contribution in [0.4, 0.5) is 5.69 Å². The molecule has 1 heterocycles. The van der Waals surface area contributed by atoms with Crippen molar-refractivity contribution in [1.29, 1.82) is 0 Å². The minimum absolute atomic E-state index is 0.0337. The maximum atomic E-state index is 5.94. The highest BCUT2D eigenvalue weighted by Gasteiger charge is 2.13. The van der Waals surface area contributed by atoms with Crippen molar-refractivity contribution >= 4 is 17.3 Å². The van der Waals surface area contributed by atoms with Gasteiger partial charge in [0.15, 0.2) is 6.23 Å². The van der Waals surface area contributed by atoms with Crippen LogP contribution >= 0.6 is 11.6 Å². The molecule has 1 aliphatic rings. The van der Waals surface area contributed by atoms with E-state index in [4.69, 9.17) is 16.3 Å². The van der Waals surface area contributed by atoms with Crippen LogP contribution in [0.3, 0.4) is 0 Å². The van der Waals surface area contributed by atoms with E-state index in [1.54, 1.807) is 0 Å². The number of rotatable bonds is 5. The Morgan fingerprint density at radius 2 is 1.68 bits per heavy atom.